The van der Waals surface area contributed by atoms with Gasteiger partial charge in [0.25, 0.3) is 0 Å². The van der Waals surface area contributed by atoms with E-state index in [-0.39, 0.29) is 24.8 Å². The van der Waals surface area contributed by atoms with Gasteiger partial charge in [-0.2, -0.15) is 0 Å². The van der Waals surface area contributed by atoms with Crippen molar-refractivity contribution in [2.45, 2.75) is 19.4 Å². The molecule has 1 atom stereocenters. The highest BCUT2D eigenvalue weighted by Crippen LogP contribution is 2.27. The summed E-state index contributed by atoms with van der Waals surface area (Å²) in [6.07, 6.45) is 1.10. The van der Waals surface area contributed by atoms with Gasteiger partial charge in [0.05, 0.1) is 6.04 Å². The molecule has 2 heterocycles. The molecule has 1 aromatic rings. The van der Waals surface area contributed by atoms with E-state index in [1.165, 1.54) is 0 Å². The summed E-state index contributed by atoms with van der Waals surface area (Å²) in [5, 5.41) is 3.37. The van der Waals surface area contributed by atoms with E-state index in [9.17, 15) is 0 Å². The van der Waals surface area contributed by atoms with Crippen LogP contribution >= 0.6 is 40.7 Å². The van der Waals surface area contributed by atoms with Gasteiger partial charge >= 0.3 is 0 Å². The molecule has 1 fully saturated rings. The van der Waals surface area contributed by atoms with Crippen LogP contribution in [-0.4, -0.2) is 31.1 Å². The third-order valence-electron chi connectivity index (χ3n) is 2.90. The third-order valence-corrected chi connectivity index (χ3v) is 3.33. The Bertz CT molecular complexity index is 316. The molecule has 2 rings (SSSR count). The Morgan fingerprint density at radius 3 is 2.47 bits per heavy atom. The smallest absolute Gasteiger partial charge is 0.169 e. The fourth-order valence-corrected chi connectivity index (χ4v) is 2.46. The average Bonchev–Trinajstić information content (AvgIpc) is 2.68. The van der Waals surface area contributed by atoms with Crippen molar-refractivity contribution in [1.29, 1.82) is 0 Å². The standard InChI is InChI=1S/C11H17BrN2O.2ClH/c1-2-9(10-3-4-11(12)15-10)14-7-5-13-6-8-14;;/h3-4,9,13H,2,5-8H2,1H3;2*1H/t9-;;/m0../s1. The van der Waals surface area contributed by atoms with E-state index in [2.05, 4.69) is 39.1 Å². The molecule has 0 radical (unpaired) electrons. The zero-order chi connectivity index (χ0) is 10.7. The summed E-state index contributed by atoms with van der Waals surface area (Å²) < 4.78 is 6.47. The van der Waals surface area contributed by atoms with Crippen molar-refractivity contribution in [2.24, 2.45) is 0 Å². The number of hydrogen-bond donors (Lipinski definition) is 1. The molecule has 0 saturated carbocycles. The zero-order valence-electron chi connectivity index (χ0n) is 9.82. The van der Waals surface area contributed by atoms with Crippen LogP contribution < -0.4 is 5.32 Å². The quantitative estimate of drug-likeness (QED) is 0.911. The molecule has 0 aromatic carbocycles. The first kappa shape index (κ1) is 17.3. The van der Waals surface area contributed by atoms with Crippen LogP contribution in [0.5, 0.6) is 0 Å². The Morgan fingerprint density at radius 2 is 2.00 bits per heavy atom. The molecule has 0 bridgehead atoms. The van der Waals surface area contributed by atoms with Crippen LogP contribution in [0.25, 0.3) is 0 Å². The van der Waals surface area contributed by atoms with Gasteiger partial charge in [-0.3, -0.25) is 4.90 Å². The lowest BCUT2D eigenvalue weighted by atomic mass is 10.1. The lowest BCUT2D eigenvalue weighted by Gasteiger charge is -2.33. The van der Waals surface area contributed by atoms with E-state index in [4.69, 9.17) is 4.42 Å². The van der Waals surface area contributed by atoms with Crippen LogP contribution in [0, 0.1) is 0 Å². The van der Waals surface area contributed by atoms with Crippen molar-refractivity contribution < 1.29 is 4.42 Å². The summed E-state index contributed by atoms with van der Waals surface area (Å²) in [5.74, 6) is 1.08. The molecule has 17 heavy (non-hydrogen) atoms. The van der Waals surface area contributed by atoms with Crippen LogP contribution in [0.3, 0.4) is 0 Å². The second kappa shape index (κ2) is 8.38. The predicted molar refractivity (Wildman–Crippen MR) is 78.4 cm³/mol. The third kappa shape index (κ3) is 4.45. The molecule has 100 valence electrons. The molecule has 6 heteroatoms. The second-order valence-electron chi connectivity index (χ2n) is 3.85. The maximum Gasteiger partial charge on any atom is 0.169 e. The minimum absolute atomic E-state index is 0. The van der Waals surface area contributed by atoms with Crippen LogP contribution in [0.2, 0.25) is 0 Å². The topological polar surface area (TPSA) is 28.4 Å². The largest absolute Gasteiger partial charge is 0.453 e. The van der Waals surface area contributed by atoms with Gasteiger partial charge in [0, 0.05) is 26.2 Å². The van der Waals surface area contributed by atoms with Gasteiger partial charge in [-0.15, -0.1) is 24.8 Å². The van der Waals surface area contributed by atoms with E-state index in [1.54, 1.807) is 0 Å². The highest BCUT2D eigenvalue weighted by atomic mass is 79.9. The summed E-state index contributed by atoms with van der Waals surface area (Å²) in [7, 11) is 0. The molecule has 1 N–H and O–H groups in total. The maximum absolute atomic E-state index is 5.64. The number of nitrogens with zero attached hydrogens (tertiary/aromatic N) is 1. The molecule has 0 spiro atoms. The number of nitrogens with one attached hydrogen (secondary N) is 1. The molecule has 0 amide bonds. The van der Waals surface area contributed by atoms with E-state index in [1.807, 2.05) is 6.07 Å². The molecule has 0 aliphatic carbocycles. The SMILES string of the molecule is CC[C@@H](c1ccc(Br)o1)N1CCNCC1.Cl.Cl. The fourth-order valence-electron chi connectivity index (χ4n) is 2.14. The van der Waals surface area contributed by atoms with Gasteiger partial charge in [-0.05, 0) is 34.5 Å². The van der Waals surface area contributed by atoms with Crippen molar-refractivity contribution in [2.75, 3.05) is 26.2 Å². The Kier molecular flexibility index (Phi) is 8.51. The molecule has 3 nitrogen and oxygen atoms in total. The van der Waals surface area contributed by atoms with Gasteiger partial charge in [0.15, 0.2) is 4.67 Å². The second-order valence-corrected chi connectivity index (χ2v) is 4.63. The van der Waals surface area contributed by atoms with Crippen LogP contribution in [0.4, 0.5) is 0 Å². The molecule has 1 aromatic heterocycles. The van der Waals surface area contributed by atoms with Crippen molar-refractivity contribution in [3.8, 4) is 0 Å². The minimum Gasteiger partial charge on any atom is -0.453 e. The van der Waals surface area contributed by atoms with Gasteiger partial charge in [-0.1, -0.05) is 6.92 Å². The highest BCUT2D eigenvalue weighted by molar-refractivity contribution is 9.10. The van der Waals surface area contributed by atoms with Crippen molar-refractivity contribution in [1.82, 2.24) is 10.2 Å². The lowest BCUT2D eigenvalue weighted by Crippen LogP contribution is -2.44. The number of hydrogen-bond acceptors (Lipinski definition) is 3. The summed E-state index contributed by atoms with van der Waals surface area (Å²) >= 11 is 3.36. The average molecular weight is 346 g/mol. The molecular formula is C11H19BrCl2N2O. The van der Waals surface area contributed by atoms with E-state index < -0.39 is 0 Å². The summed E-state index contributed by atoms with van der Waals surface area (Å²) in [6, 6.07) is 4.47. The maximum atomic E-state index is 5.64. The molecule has 1 aliphatic rings. The summed E-state index contributed by atoms with van der Waals surface area (Å²) in [5.41, 5.74) is 0. The molecule has 1 aliphatic heterocycles. The number of rotatable bonds is 3. The van der Waals surface area contributed by atoms with Crippen LogP contribution in [0.1, 0.15) is 25.1 Å². The Hall–Kier alpha value is 0.260. The fraction of sp³-hybridized carbons (Fsp3) is 0.636. The van der Waals surface area contributed by atoms with Crippen molar-refractivity contribution in [3.05, 3.63) is 22.6 Å². The van der Waals surface area contributed by atoms with Gasteiger partial charge in [-0.25, -0.2) is 0 Å². The first-order chi connectivity index (χ1) is 7.31. The zero-order valence-corrected chi connectivity index (χ0v) is 13.0. The Morgan fingerprint density at radius 1 is 1.35 bits per heavy atom. The minimum atomic E-state index is 0. The molecule has 1 saturated heterocycles. The summed E-state index contributed by atoms with van der Waals surface area (Å²) in [6.45, 7) is 6.59. The van der Waals surface area contributed by atoms with Crippen molar-refractivity contribution in [3.63, 3.8) is 0 Å². The normalized spacial score (nSPS) is 18.0. The lowest BCUT2D eigenvalue weighted by molar-refractivity contribution is 0.149. The monoisotopic (exact) mass is 344 g/mol. The first-order valence-electron chi connectivity index (χ1n) is 5.51. The summed E-state index contributed by atoms with van der Waals surface area (Å²) in [4.78, 5) is 2.49. The van der Waals surface area contributed by atoms with Gasteiger partial charge in [0.2, 0.25) is 0 Å². The Balaban J connectivity index is 0.00000128. The predicted octanol–water partition coefficient (Wildman–Crippen LogP) is 3.24. The number of furan rings is 1. The number of halogens is 3. The van der Waals surface area contributed by atoms with E-state index in [0.717, 1.165) is 43.0 Å². The van der Waals surface area contributed by atoms with E-state index >= 15 is 0 Å². The number of piperazine rings is 1. The van der Waals surface area contributed by atoms with Gasteiger partial charge < -0.3 is 9.73 Å². The molecule has 0 unspecified atom stereocenters. The van der Waals surface area contributed by atoms with Crippen LogP contribution in [0.15, 0.2) is 21.2 Å². The molecular weight excluding hydrogens is 327 g/mol. The van der Waals surface area contributed by atoms with Gasteiger partial charge in [0.1, 0.15) is 5.76 Å². The Labute approximate surface area is 123 Å². The van der Waals surface area contributed by atoms with Crippen LogP contribution in [-0.2, 0) is 0 Å². The highest BCUT2D eigenvalue weighted by Gasteiger charge is 2.22. The van der Waals surface area contributed by atoms with Crippen molar-refractivity contribution >= 4 is 40.7 Å². The van der Waals surface area contributed by atoms with E-state index in [0.29, 0.717) is 6.04 Å². The first-order valence-corrected chi connectivity index (χ1v) is 6.30.